The zero-order valence-electron chi connectivity index (χ0n) is 23.9. The van der Waals surface area contributed by atoms with Crippen molar-refractivity contribution in [3.05, 3.63) is 70.6 Å². The van der Waals surface area contributed by atoms with Crippen molar-refractivity contribution in [1.82, 2.24) is 15.1 Å². The fourth-order valence-electron chi connectivity index (χ4n) is 3.58. The maximum atomic E-state index is 13.4. The van der Waals surface area contributed by atoms with Gasteiger partial charge >= 0.3 is 0 Å². The molecule has 0 fully saturated rings. The number of hydrogen-bond acceptors (Lipinski definition) is 4. The Bertz CT molecular complexity index is 1230. The van der Waals surface area contributed by atoms with Crippen LogP contribution in [0.4, 0.5) is 10.1 Å². The van der Waals surface area contributed by atoms with Crippen molar-refractivity contribution in [2.75, 3.05) is 25.6 Å². The van der Waals surface area contributed by atoms with Gasteiger partial charge in [0.15, 0.2) is 0 Å². The molecule has 39 heavy (non-hydrogen) atoms. The fraction of sp³-hybridized carbons (Fsp3) is 0.433. The number of rotatable bonds is 9. The number of hydrogen-bond donors (Lipinski definition) is 2. The Hall–Kier alpha value is -3.23. The number of ether oxygens (including phenoxy) is 1. The second-order valence-electron chi connectivity index (χ2n) is 10.5. The van der Waals surface area contributed by atoms with Crippen molar-refractivity contribution < 1.29 is 18.7 Å². The average Bonchev–Trinajstić information content (AvgIpc) is 3.34. The maximum absolute atomic E-state index is 13.4. The summed E-state index contributed by atoms with van der Waals surface area (Å²) in [4.78, 5) is 25.0. The van der Waals surface area contributed by atoms with Gasteiger partial charge in [-0.25, -0.2) is 4.39 Å². The number of aromatic nitrogens is 2. The summed E-state index contributed by atoms with van der Waals surface area (Å²) in [5.74, 6) is -0.352. The molecule has 0 unspecified atom stereocenters. The SMILES string of the molecule is CCCOCCC(C)C.CNC(=O)c1cc(NC(=O)c2cnn(C(C)(C)C)c2-c2ccc(F)cc2)ccc1Cl. The van der Waals surface area contributed by atoms with Gasteiger partial charge in [0.05, 0.1) is 33.6 Å². The lowest BCUT2D eigenvalue weighted by Gasteiger charge is -2.23. The van der Waals surface area contributed by atoms with Crippen LogP contribution in [0.15, 0.2) is 48.7 Å². The van der Waals surface area contributed by atoms with Crippen LogP contribution in [0.25, 0.3) is 11.3 Å². The van der Waals surface area contributed by atoms with E-state index in [4.69, 9.17) is 16.3 Å². The van der Waals surface area contributed by atoms with Gasteiger partial charge in [-0.05, 0) is 82.0 Å². The van der Waals surface area contributed by atoms with Crippen LogP contribution < -0.4 is 10.6 Å². The first-order valence-corrected chi connectivity index (χ1v) is 13.5. The standard InChI is InChI=1S/C22H22ClFN4O2.C8H18O/c1-22(2,3)28-19(13-5-7-14(24)8-6-13)17(12-26-28)21(30)27-15-9-10-18(23)16(11-15)20(29)25-4;1-4-6-9-7-5-8(2)3/h5-12H,1-4H3,(H,25,29)(H,27,30);8H,4-7H2,1-3H3. The Labute approximate surface area is 236 Å². The van der Waals surface area contributed by atoms with E-state index in [9.17, 15) is 14.0 Å². The van der Waals surface area contributed by atoms with Crippen molar-refractivity contribution >= 4 is 29.1 Å². The summed E-state index contributed by atoms with van der Waals surface area (Å²) in [5, 5.41) is 9.97. The van der Waals surface area contributed by atoms with E-state index in [1.807, 2.05) is 20.8 Å². The van der Waals surface area contributed by atoms with E-state index in [1.165, 1.54) is 37.9 Å². The molecule has 0 spiro atoms. The second kappa shape index (κ2) is 14.8. The molecule has 0 atom stereocenters. The molecule has 2 aromatic carbocycles. The monoisotopic (exact) mass is 558 g/mol. The van der Waals surface area contributed by atoms with Gasteiger partial charge in [-0.15, -0.1) is 0 Å². The Morgan fingerprint density at radius 3 is 2.28 bits per heavy atom. The summed E-state index contributed by atoms with van der Waals surface area (Å²) in [6.45, 7) is 14.3. The lowest BCUT2D eigenvalue weighted by Crippen LogP contribution is -2.24. The molecule has 0 saturated carbocycles. The lowest BCUT2D eigenvalue weighted by atomic mass is 10.0. The first-order valence-electron chi connectivity index (χ1n) is 13.1. The smallest absolute Gasteiger partial charge is 0.259 e. The summed E-state index contributed by atoms with van der Waals surface area (Å²) < 4.78 is 20.5. The highest BCUT2D eigenvalue weighted by atomic mass is 35.5. The van der Waals surface area contributed by atoms with Gasteiger partial charge in [0, 0.05) is 31.5 Å². The molecule has 7 nitrogen and oxygen atoms in total. The van der Waals surface area contributed by atoms with E-state index >= 15 is 0 Å². The summed E-state index contributed by atoms with van der Waals surface area (Å²) in [6.07, 6.45) is 3.81. The van der Waals surface area contributed by atoms with E-state index < -0.39 is 11.4 Å². The lowest BCUT2D eigenvalue weighted by molar-refractivity contribution is 0.0961. The van der Waals surface area contributed by atoms with Gasteiger partial charge in [0.25, 0.3) is 11.8 Å². The van der Waals surface area contributed by atoms with Crippen LogP contribution in [0.1, 0.15) is 75.1 Å². The highest BCUT2D eigenvalue weighted by Crippen LogP contribution is 2.30. The summed E-state index contributed by atoms with van der Waals surface area (Å²) in [6, 6.07) is 10.6. The van der Waals surface area contributed by atoms with Crippen LogP contribution in [0.5, 0.6) is 0 Å². The van der Waals surface area contributed by atoms with Crippen LogP contribution >= 0.6 is 11.6 Å². The van der Waals surface area contributed by atoms with Crippen LogP contribution in [-0.4, -0.2) is 41.9 Å². The average molecular weight is 559 g/mol. The van der Waals surface area contributed by atoms with E-state index in [0.29, 0.717) is 22.5 Å². The molecule has 0 saturated heterocycles. The first-order chi connectivity index (χ1) is 18.4. The quantitative estimate of drug-likeness (QED) is 0.273. The fourth-order valence-corrected chi connectivity index (χ4v) is 3.79. The van der Waals surface area contributed by atoms with E-state index in [-0.39, 0.29) is 22.3 Å². The molecule has 3 rings (SSSR count). The third-order valence-corrected chi connectivity index (χ3v) is 5.98. The molecule has 0 radical (unpaired) electrons. The minimum atomic E-state index is -0.408. The summed E-state index contributed by atoms with van der Waals surface area (Å²) >= 11 is 6.08. The highest BCUT2D eigenvalue weighted by molar-refractivity contribution is 6.34. The number of nitrogens with one attached hydrogen (secondary N) is 2. The van der Waals surface area contributed by atoms with Gasteiger partial charge < -0.3 is 15.4 Å². The zero-order valence-corrected chi connectivity index (χ0v) is 24.7. The maximum Gasteiger partial charge on any atom is 0.259 e. The second-order valence-corrected chi connectivity index (χ2v) is 10.9. The van der Waals surface area contributed by atoms with Crippen LogP contribution in [0, 0.1) is 11.7 Å². The van der Waals surface area contributed by atoms with Crippen molar-refractivity contribution in [2.24, 2.45) is 5.92 Å². The van der Waals surface area contributed by atoms with Gasteiger partial charge in [-0.1, -0.05) is 32.4 Å². The molecule has 3 aromatic rings. The van der Waals surface area contributed by atoms with Gasteiger partial charge in [0.2, 0.25) is 0 Å². The van der Waals surface area contributed by atoms with E-state index in [0.717, 1.165) is 25.6 Å². The summed E-state index contributed by atoms with van der Waals surface area (Å²) in [5.41, 5.74) is 1.82. The van der Waals surface area contributed by atoms with Crippen LogP contribution in [0.2, 0.25) is 5.02 Å². The van der Waals surface area contributed by atoms with E-state index in [2.05, 4.69) is 36.5 Å². The number of carbonyl (C=O) groups is 2. The Kier molecular flexibility index (Phi) is 12.1. The molecule has 0 aliphatic heterocycles. The topological polar surface area (TPSA) is 85.2 Å². The molecule has 1 aromatic heterocycles. The molecular weight excluding hydrogens is 519 g/mol. The number of carbonyl (C=O) groups excluding carboxylic acids is 2. The Morgan fingerprint density at radius 2 is 1.72 bits per heavy atom. The third-order valence-electron chi connectivity index (χ3n) is 5.65. The number of benzene rings is 2. The number of nitrogens with zero attached hydrogens (tertiary/aromatic N) is 2. The Morgan fingerprint density at radius 1 is 1.05 bits per heavy atom. The molecular formula is C30H40ClFN4O3. The molecule has 0 aliphatic rings. The number of halogens is 2. The number of amides is 2. The molecule has 212 valence electrons. The predicted octanol–water partition coefficient (Wildman–Crippen LogP) is 7.17. The molecule has 2 N–H and O–H groups in total. The van der Waals surface area contributed by atoms with Crippen LogP contribution in [-0.2, 0) is 10.3 Å². The number of anilines is 1. The minimum absolute atomic E-state index is 0.251. The predicted molar refractivity (Wildman–Crippen MR) is 156 cm³/mol. The van der Waals surface area contributed by atoms with Crippen molar-refractivity contribution in [2.45, 2.75) is 59.9 Å². The van der Waals surface area contributed by atoms with Gasteiger partial charge in [-0.3, -0.25) is 14.3 Å². The zero-order chi connectivity index (χ0) is 29.2. The molecule has 0 aliphatic carbocycles. The molecule has 0 bridgehead atoms. The molecule has 1 heterocycles. The van der Waals surface area contributed by atoms with E-state index in [1.54, 1.807) is 28.9 Å². The Balaban J connectivity index is 0.000000510. The molecule has 9 heteroatoms. The van der Waals surface area contributed by atoms with Crippen LogP contribution in [0.3, 0.4) is 0 Å². The summed E-state index contributed by atoms with van der Waals surface area (Å²) in [7, 11) is 1.50. The third kappa shape index (κ3) is 9.48. The van der Waals surface area contributed by atoms with Crippen molar-refractivity contribution in [3.8, 4) is 11.3 Å². The van der Waals surface area contributed by atoms with Crippen molar-refractivity contribution in [3.63, 3.8) is 0 Å². The van der Waals surface area contributed by atoms with Gasteiger partial charge in [0.1, 0.15) is 5.82 Å². The van der Waals surface area contributed by atoms with Gasteiger partial charge in [-0.2, -0.15) is 5.10 Å². The highest BCUT2D eigenvalue weighted by Gasteiger charge is 2.25. The van der Waals surface area contributed by atoms with Crippen molar-refractivity contribution in [1.29, 1.82) is 0 Å². The largest absolute Gasteiger partial charge is 0.381 e. The normalized spacial score (nSPS) is 11.1. The minimum Gasteiger partial charge on any atom is -0.381 e. The first kappa shape index (κ1) is 32.0. The molecule has 2 amide bonds.